The van der Waals surface area contributed by atoms with E-state index in [9.17, 15) is 19.8 Å². The van der Waals surface area contributed by atoms with Crippen LogP contribution in [-0.2, 0) is 0 Å². The molecular weight excluding hydrogens is 312 g/mol. The Morgan fingerprint density at radius 1 is 0.792 bits per heavy atom. The van der Waals surface area contributed by atoms with E-state index in [-0.39, 0.29) is 45.3 Å². The molecule has 0 spiro atoms. The SMILES string of the molecule is CCOc1cc(C=O)cc(-c2cc(C=O)cc(OCC)c2O)c1O. The lowest BCUT2D eigenvalue weighted by Crippen LogP contribution is -1.97. The molecule has 6 heteroatoms. The number of hydrogen-bond acceptors (Lipinski definition) is 6. The van der Waals surface area contributed by atoms with E-state index in [1.807, 2.05) is 0 Å². The van der Waals surface area contributed by atoms with E-state index in [4.69, 9.17) is 9.47 Å². The smallest absolute Gasteiger partial charge is 0.165 e. The van der Waals surface area contributed by atoms with Crippen LogP contribution < -0.4 is 9.47 Å². The van der Waals surface area contributed by atoms with Crippen molar-refractivity contribution in [3.05, 3.63) is 35.4 Å². The molecule has 0 aliphatic rings. The third-order valence-corrected chi connectivity index (χ3v) is 3.36. The number of hydrogen-bond donors (Lipinski definition) is 2. The Morgan fingerprint density at radius 3 is 1.46 bits per heavy atom. The summed E-state index contributed by atoms with van der Waals surface area (Å²) >= 11 is 0. The predicted molar refractivity (Wildman–Crippen MR) is 88.3 cm³/mol. The highest BCUT2D eigenvalue weighted by Crippen LogP contribution is 2.45. The van der Waals surface area contributed by atoms with E-state index in [0.29, 0.717) is 25.8 Å². The number of rotatable bonds is 7. The average molecular weight is 330 g/mol. The monoisotopic (exact) mass is 330 g/mol. The van der Waals surface area contributed by atoms with Gasteiger partial charge in [0.2, 0.25) is 0 Å². The molecule has 126 valence electrons. The summed E-state index contributed by atoms with van der Waals surface area (Å²) in [7, 11) is 0. The highest BCUT2D eigenvalue weighted by Gasteiger charge is 2.19. The standard InChI is InChI=1S/C18H18O6/c1-3-23-15-7-11(9-19)5-13(17(15)21)14-6-12(10-20)8-16(18(14)22)24-4-2/h5-10,21-22H,3-4H2,1-2H3. The van der Waals surface area contributed by atoms with Crippen molar-refractivity contribution in [2.45, 2.75) is 13.8 Å². The molecule has 0 aliphatic heterocycles. The first-order valence-corrected chi connectivity index (χ1v) is 7.46. The summed E-state index contributed by atoms with van der Waals surface area (Å²) < 4.78 is 10.6. The zero-order chi connectivity index (χ0) is 17.7. The van der Waals surface area contributed by atoms with E-state index in [2.05, 4.69) is 0 Å². The summed E-state index contributed by atoms with van der Waals surface area (Å²) in [6.45, 7) is 4.06. The van der Waals surface area contributed by atoms with Crippen molar-refractivity contribution >= 4 is 12.6 Å². The summed E-state index contributed by atoms with van der Waals surface area (Å²) in [4.78, 5) is 22.3. The van der Waals surface area contributed by atoms with E-state index < -0.39 is 0 Å². The van der Waals surface area contributed by atoms with Crippen LogP contribution in [0.4, 0.5) is 0 Å². The molecule has 24 heavy (non-hydrogen) atoms. The summed E-state index contributed by atoms with van der Waals surface area (Å²) in [6, 6.07) is 5.62. The van der Waals surface area contributed by atoms with Crippen LogP contribution >= 0.6 is 0 Å². The van der Waals surface area contributed by atoms with Crippen LogP contribution in [-0.4, -0.2) is 36.0 Å². The Bertz CT molecular complexity index is 701. The molecule has 0 amide bonds. The first-order chi connectivity index (χ1) is 11.5. The summed E-state index contributed by atoms with van der Waals surface area (Å²) in [5.74, 6) is -0.233. The Morgan fingerprint density at radius 2 is 1.17 bits per heavy atom. The largest absolute Gasteiger partial charge is 0.504 e. The van der Waals surface area contributed by atoms with Crippen LogP contribution in [0, 0.1) is 0 Å². The molecule has 6 nitrogen and oxygen atoms in total. The van der Waals surface area contributed by atoms with Gasteiger partial charge in [0.15, 0.2) is 23.0 Å². The van der Waals surface area contributed by atoms with Crippen LogP contribution in [0.1, 0.15) is 34.6 Å². The third-order valence-electron chi connectivity index (χ3n) is 3.36. The second kappa shape index (κ2) is 7.50. The summed E-state index contributed by atoms with van der Waals surface area (Å²) in [5, 5.41) is 20.8. The molecule has 2 aromatic rings. The van der Waals surface area contributed by atoms with Crippen LogP contribution in [0.3, 0.4) is 0 Å². The number of aromatic hydroxyl groups is 2. The fourth-order valence-electron chi connectivity index (χ4n) is 2.34. The molecule has 0 saturated heterocycles. The first kappa shape index (κ1) is 17.3. The van der Waals surface area contributed by atoms with Crippen LogP contribution in [0.15, 0.2) is 24.3 Å². The van der Waals surface area contributed by atoms with E-state index in [0.717, 1.165) is 0 Å². The molecule has 2 rings (SSSR count). The highest BCUT2D eigenvalue weighted by molar-refractivity contribution is 5.89. The number of ether oxygens (including phenoxy) is 2. The molecule has 0 aromatic heterocycles. The number of aldehydes is 2. The maximum Gasteiger partial charge on any atom is 0.165 e. The highest BCUT2D eigenvalue weighted by atomic mass is 16.5. The van der Waals surface area contributed by atoms with Gasteiger partial charge < -0.3 is 19.7 Å². The molecule has 2 N–H and O–H groups in total. The lowest BCUT2D eigenvalue weighted by Gasteiger charge is -2.15. The number of phenols is 2. The maximum absolute atomic E-state index is 11.2. The van der Waals surface area contributed by atoms with Gasteiger partial charge in [-0.2, -0.15) is 0 Å². The Balaban J connectivity index is 2.74. The van der Waals surface area contributed by atoms with Gasteiger partial charge in [0.25, 0.3) is 0 Å². The molecule has 0 fully saturated rings. The van der Waals surface area contributed by atoms with Gasteiger partial charge in [0, 0.05) is 22.3 Å². The summed E-state index contributed by atoms with van der Waals surface area (Å²) in [6.07, 6.45) is 1.21. The van der Waals surface area contributed by atoms with Gasteiger partial charge in [-0.3, -0.25) is 9.59 Å². The maximum atomic E-state index is 11.2. The van der Waals surface area contributed by atoms with Gasteiger partial charge in [-0.1, -0.05) is 0 Å². The van der Waals surface area contributed by atoms with E-state index in [1.165, 1.54) is 24.3 Å². The van der Waals surface area contributed by atoms with Gasteiger partial charge in [-0.05, 0) is 38.1 Å². The fraction of sp³-hybridized carbons (Fsp3) is 0.222. The number of carbonyl (C=O) groups is 2. The van der Waals surface area contributed by atoms with Gasteiger partial charge in [-0.25, -0.2) is 0 Å². The summed E-state index contributed by atoms with van der Waals surface area (Å²) in [5.41, 5.74) is 0.871. The van der Waals surface area contributed by atoms with Gasteiger partial charge >= 0.3 is 0 Å². The zero-order valence-electron chi connectivity index (χ0n) is 13.4. The Labute approximate surface area is 139 Å². The molecule has 0 aliphatic carbocycles. The minimum Gasteiger partial charge on any atom is -0.504 e. The molecule has 0 saturated carbocycles. The minimum atomic E-state index is -0.233. The van der Waals surface area contributed by atoms with Crippen molar-refractivity contribution < 1.29 is 29.3 Å². The van der Waals surface area contributed by atoms with Crippen molar-refractivity contribution in [1.29, 1.82) is 0 Å². The quantitative estimate of drug-likeness (QED) is 0.757. The van der Waals surface area contributed by atoms with Gasteiger partial charge in [0.05, 0.1) is 13.2 Å². The molecule has 0 unspecified atom stereocenters. The average Bonchev–Trinajstić information content (AvgIpc) is 2.59. The van der Waals surface area contributed by atoms with E-state index >= 15 is 0 Å². The van der Waals surface area contributed by atoms with Gasteiger partial charge in [-0.15, -0.1) is 0 Å². The van der Waals surface area contributed by atoms with Crippen molar-refractivity contribution in [2.75, 3.05) is 13.2 Å². The lowest BCUT2D eigenvalue weighted by atomic mass is 9.98. The topological polar surface area (TPSA) is 93.1 Å². The third kappa shape index (κ3) is 3.32. The van der Waals surface area contributed by atoms with Crippen molar-refractivity contribution in [1.82, 2.24) is 0 Å². The lowest BCUT2D eigenvalue weighted by molar-refractivity contribution is 0.111. The molecule has 2 aromatic carbocycles. The normalized spacial score (nSPS) is 10.2. The molecule has 0 bridgehead atoms. The van der Waals surface area contributed by atoms with Crippen molar-refractivity contribution in [3.63, 3.8) is 0 Å². The van der Waals surface area contributed by atoms with Crippen LogP contribution in [0.2, 0.25) is 0 Å². The Kier molecular flexibility index (Phi) is 5.42. The van der Waals surface area contributed by atoms with Crippen LogP contribution in [0.25, 0.3) is 11.1 Å². The van der Waals surface area contributed by atoms with Crippen molar-refractivity contribution in [2.24, 2.45) is 0 Å². The van der Waals surface area contributed by atoms with Gasteiger partial charge in [0.1, 0.15) is 12.6 Å². The van der Waals surface area contributed by atoms with E-state index in [1.54, 1.807) is 13.8 Å². The minimum absolute atomic E-state index is 0.117. The van der Waals surface area contributed by atoms with Crippen molar-refractivity contribution in [3.8, 4) is 34.1 Å². The molecular formula is C18H18O6. The number of benzene rings is 2. The first-order valence-electron chi connectivity index (χ1n) is 7.46. The molecule has 0 atom stereocenters. The molecule has 0 radical (unpaired) electrons. The second-order valence-corrected chi connectivity index (χ2v) is 4.93. The Hall–Kier alpha value is -3.02. The second-order valence-electron chi connectivity index (χ2n) is 4.93. The molecule has 0 heterocycles. The number of phenolic OH excluding ortho intramolecular Hbond substituents is 2. The fourth-order valence-corrected chi connectivity index (χ4v) is 2.34. The number of carbonyl (C=O) groups excluding carboxylic acids is 2. The zero-order valence-corrected chi connectivity index (χ0v) is 13.4. The predicted octanol–water partition coefficient (Wildman–Crippen LogP) is 3.19. The van der Waals surface area contributed by atoms with Crippen LogP contribution in [0.5, 0.6) is 23.0 Å².